The summed E-state index contributed by atoms with van der Waals surface area (Å²) < 4.78 is 40.7. The number of hydrogen-bond acceptors (Lipinski definition) is 2. The number of para-hydroxylation sites is 1. The van der Waals surface area contributed by atoms with E-state index in [1.54, 1.807) is 18.3 Å². The second-order valence-electron chi connectivity index (χ2n) is 7.39. The third kappa shape index (κ3) is 4.83. The van der Waals surface area contributed by atoms with Gasteiger partial charge in [0.25, 0.3) is 5.91 Å². The smallest absolute Gasteiger partial charge is 0.361 e. The minimum absolute atomic E-state index is 0.138. The van der Waals surface area contributed by atoms with Gasteiger partial charge in [0.05, 0.1) is 5.56 Å². The number of H-pyrrole nitrogens is 1. The number of halogens is 3. The summed E-state index contributed by atoms with van der Waals surface area (Å²) in [6, 6.07) is 17.8. The van der Waals surface area contributed by atoms with Crippen molar-refractivity contribution in [2.45, 2.75) is 12.6 Å². The van der Waals surface area contributed by atoms with Crippen LogP contribution < -0.4 is 5.32 Å². The van der Waals surface area contributed by atoms with E-state index in [1.165, 1.54) is 22.8 Å². The molecule has 0 aliphatic rings. The molecule has 0 atom stereocenters. The number of nitrogens with zero attached hydrogens (tertiary/aromatic N) is 2. The molecule has 0 unspecified atom stereocenters. The highest BCUT2D eigenvalue weighted by molar-refractivity contribution is 6.01. The molecule has 0 bridgehead atoms. The number of aromatic nitrogens is 2. The second-order valence-corrected chi connectivity index (χ2v) is 7.39. The lowest BCUT2D eigenvalue weighted by Crippen LogP contribution is -2.26. The van der Waals surface area contributed by atoms with E-state index in [1.807, 2.05) is 36.5 Å². The summed E-state index contributed by atoms with van der Waals surface area (Å²) in [5.74, 6) is -0.547. The van der Waals surface area contributed by atoms with E-state index in [4.69, 9.17) is 0 Å². The molecule has 33 heavy (non-hydrogen) atoms. The van der Waals surface area contributed by atoms with Gasteiger partial charge >= 0.3 is 6.18 Å². The van der Waals surface area contributed by atoms with Crippen molar-refractivity contribution >= 4 is 22.9 Å². The van der Waals surface area contributed by atoms with E-state index in [0.717, 1.165) is 28.6 Å². The van der Waals surface area contributed by atoms with Gasteiger partial charge in [0.15, 0.2) is 0 Å². The number of carbonyl (C=O) groups excluding carboxylic acids is 1. The SMILES string of the molecule is N#C/C(=C/c1cccn1-c1cccc(C(F)(F)F)c1)C(=O)NCCc1c[nH]c2ccccc12. The van der Waals surface area contributed by atoms with Crippen LogP contribution in [0.1, 0.15) is 16.8 Å². The zero-order chi connectivity index (χ0) is 23.4. The lowest BCUT2D eigenvalue weighted by Gasteiger charge is -2.11. The van der Waals surface area contributed by atoms with Crippen LogP contribution in [-0.2, 0) is 17.4 Å². The minimum atomic E-state index is -4.47. The molecule has 0 radical (unpaired) electrons. The van der Waals surface area contributed by atoms with Crippen molar-refractivity contribution in [2.75, 3.05) is 6.54 Å². The van der Waals surface area contributed by atoms with E-state index in [9.17, 15) is 23.2 Å². The van der Waals surface area contributed by atoms with Crippen molar-refractivity contribution in [1.82, 2.24) is 14.9 Å². The van der Waals surface area contributed by atoms with E-state index in [-0.39, 0.29) is 11.3 Å². The Kier molecular flexibility index (Phi) is 6.05. The average molecular weight is 448 g/mol. The van der Waals surface area contributed by atoms with Gasteiger partial charge in [-0.2, -0.15) is 18.4 Å². The van der Waals surface area contributed by atoms with Crippen molar-refractivity contribution in [1.29, 1.82) is 5.26 Å². The average Bonchev–Trinajstić information content (AvgIpc) is 3.44. The Morgan fingerprint density at radius 1 is 1.12 bits per heavy atom. The van der Waals surface area contributed by atoms with Gasteiger partial charge in [-0.05, 0) is 54.5 Å². The van der Waals surface area contributed by atoms with E-state index in [0.29, 0.717) is 18.7 Å². The third-order valence-corrected chi connectivity index (χ3v) is 5.24. The first-order valence-electron chi connectivity index (χ1n) is 10.2. The Morgan fingerprint density at radius 2 is 1.94 bits per heavy atom. The van der Waals surface area contributed by atoms with E-state index in [2.05, 4.69) is 10.3 Å². The van der Waals surface area contributed by atoms with Crippen molar-refractivity contribution in [3.63, 3.8) is 0 Å². The molecular formula is C25H19F3N4O. The Labute approximate surface area is 187 Å². The topological polar surface area (TPSA) is 73.6 Å². The molecule has 5 nitrogen and oxygen atoms in total. The molecule has 4 aromatic rings. The summed E-state index contributed by atoms with van der Waals surface area (Å²) in [4.78, 5) is 15.7. The largest absolute Gasteiger partial charge is 0.416 e. The van der Waals surface area contributed by atoms with Crippen molar-refractivity contribution in [3.8, 4) is 11.8 Å². The summed E-state index contributed by atoms with van der Waals surface area (Å²) in [7, 11) is 0. The first-order chi connectivity index (χ1) is 15.9. The van der Waals surface area contributed by atoms with Crippen LogP contribution in [0.3, 0.4) is 0 Å². The van der Waals surface area contributed by atoms with Crippen LogP contribution in [0.25, 0.3) is 22.7 Å². The number of amides is 1. The lowest BCUT2D eigenvalue weighted by atomic mass is 10.1. The van der Waals surface area contributed by atoms with Crippen LogP contribution >= 0.6 is 0 Å². The van der Waals surface area contributed by atoms with Crippen LogP contribution in [0, 0.1) is 11.3 Å². The maximum atomic E-state index is 13.1. The van der Waals surface area contributed by atoms with Gasteiger partial charge in [0, 0.05) is 41.2 Å². The third-order valence-electron chi connectivity index (χ3n) is 5.24. The normalized spacial score (nSPS) is 12.0. The Morgan fingerprint density at radius 3 is 2.73 bits per heavy atom. The molecule has 8 heteroatoms. The fourth-order valence-corrected chi connectivity index (χ4v) is 3.62. The molecule has 2 heterocycles. The molecule has 0 saturated heterocycles. The van der Waals surface area contributed by atoms with Crippen LogP contribution in [0.15, 0.2) is 78.6 Å². The maximum absolute atomic E-state index is 13.1. The number of aromatic amines is 1. The predicted molar refractivity (Wildman–Crippen MR) is 119 cm³/mol. The fourth-order valence-electron chi connectivity index (χ4n) is 3.62. The molecule has 2 aromatic carbocycles. The molecule has 166 valence electrons. The number of fused-ring (bicyclic) bond motifs is 1. The molecule has 0 aliphatic carbocycles. The number of nitrogens with one attached hydrogen (secondary N) is 2. The van der Waals surface area contributed by atoms with Crippen LogP contribution in [0.2, 0.25) is 0 Å². The number of alkyl halides is 3. The second kappa shape index (κ2) is 9.09. The first-order valence-corrected chi connectivity index (χ1v) is 10.2. The highest BCUT2D eigenvalue weighted by atomic mass is 19.4. The Bertz CT molecular complexity index is 1370. The number of hydrogen-bond donors (Lipinski definition) is 2. The lowest BCUT2D eigenvalue weighted by molar-refractivity contribution is -0.137. The van der Waals surface area contributed by atoms with Gasteiger partial charge in [-0.15, -0.1) is 0 Å². The molecule has 0 aliphatic heterocycles. The number of carbonyl (C=O) groups is 1. The summed E-state index contributed by atoms with van der Waals surface area (Å²) in [5, 5.41) is 13.3. The summed E-state index contributed by atoms with van der Waals surface area (Å²) >= 11 is 0. The standard InChI is InChI=1S/C25H19F3N4O/c26-25(27,28)19-5-3-6-21(14-19)32-12-4-7-20(32)13-18(15-29)24(33)30-11-10-17-16-31-23-9-2-1-8-22(17)23/h1-9,12-14,16,31H,10-11H2,(H,30,33)/b18-13-. The quantitative estimate of drug-likeness (QED) is 0.313. The van der Waals surface area contributed by atoms with Crippen molar-refractivity contribution < 1.29 is 18.0 Å². The molecule has 0 saturated carbocycles. The first kappa shape index (κ1) is 22.0. The number of benzene rings is 2. The zero-order valence-electron chi connectivity index (χ0n) is 17.4. The van der Waals surface area contributed by atoms with Gasteiger partial charge in [-0.25, -0.2) is 0 Å². The molecule has 2 N–H and O–H groups in total. The zero-order valence-corrected chi connectivity index (χ0v) is 17.4. The molecular weight excluding hydrogens is 429 g/mol. The summed E-state index contributed by atoms with van der Waals surface area (Å²) in [5.41, 5.74) is 1.83. The monoisotopic (exact) mass is 448 g/mol. The van der Waals surface area contributed by atoms with Gasteiger partial charge in [0.2, 0.25) is 0 Å². The van der Waals surface area contributed by atoms with Crippen molar-refractivity contribution in [2.24, 2.45) is 0 Å². The summed E-state index contributed by atoms with van der Waals surface area (Å²) in [6.07, 6.45) is 0.934. The highest BCUT2D eigenvalue weighted by Gasteiger charge is 2.30. The van der Waals surface area contributed by atoms with Crippen LogP contribution in [-0.4, -0.2) is 22.0 Å². The molecule has 0 fully saturated rings. The van der Waals surface area contributed by atoms with E-state index >= 15 is 0 Å². The number of rotatable bonds is 6. The van der Waals surface area contributed by atoms with Gasteiger partial charge in [-0.1, -0.05) is 24.3 Å². The maximum Gasteiger partial charge on any atom is 0.416 e. The van der Waals surface area contributed by atoms with Gasteiger partial charge in [0.1, 0.15) is 11.6 Å². The van der Waals surface area contributed by atoms with Gasteiger partial charge in [-0.3, -0.25) is 4.79 Å². The van der Waals surface area contributed by atoms with E-state index < -0.39 is 17.6 Å². The van der Waals surface area contributed by atoms with Crippen molar-refractivity contribution in [3.05, 3.63) is 95.5 Å². The molecule has 2 aromatic heterocycles. The van der Waals surface area contributed by atoms with Gasteiger partial charge < -0.3 is 14.9 Å². The summed E-state index contributed by atoms with van der Waals surface area (Å²) in [6.45, 7) is 0.328. The minimum Gasteiger partial charge on any atom is -0.361 e. The van der Waals surface area contributed by atoms with Crippen LogP contribution in [0.4, 0.5) is 13.2 Å². The fraction of sp³-hybridized carbons (Fsp3) is 0.120. The molecule has 4 rings (SSSR count). The Balaban J connectivity index is 1.49. The Hall–Kier alpha value is -4.25. The highest BCUT2D eigenvalue weighted by Crippen LogP contribution is 2.30. The molecule has 0 spiro atoms. The number of nitriles is 1. The van der Waals surface area contributed by atoms with Crippen LogP contribution in [0.5, 0.6) is 0 Å². The predicted octanol–water partition coefficient (Wildman–Crippen LogP) is 5.24. The molecule has 1 amide bonds.